The predicted molar refractivity (Wildman–Crippen MR) is 116 cm³/mol. The molecule has 160 valence electrons. The Bertz CT molecular complexity index is 709. The number of carbonyl (C=O) groups excluding carboxylic acids is 1. The number of benzene rings is 1. The van der Waals surface area contributed by atoms with Gasteiger partial charge in [0.1, 0.15) is 11.6 Å². The molecule has 0 bridgehead atoms. The first-order chi connectivity index (χ1) is 13.5. The molecule has 29 heavy (non-hydrogen) atoms. The molecular weight excluding hydrogens is 365 g/mol. The van der Waals surface area contributed by atoms with Crippen LogP contribution in [0.25, 0.3) is 0 Å². The first-order valence-electron chi connectivity index (χ1n) is 10.9. The minimum Gasteiger partial charge on any atom is -0.461 e. The monoisotopic (exact) mass is 401 g/mol. The van der Waals surface area contributed by atoms with Crippen molar-refractivity contribution in [1.29, 1.82) is 0 Å². The third-order valence-electron chi connectivity index (χ3n) is 6.54. The summed E-state index contributed by atoms with van der Waals surface area (Å²) in [4.78, 5) is 12.5. The second-order valence-corrected chi connectivity index (χ2v) is 9.95. The Morgan fingerprint density at radius 3 is 2.41 bits per heavy atom. The van der Waals surface area contributed by atoms with Gasteiger partial charge in [-0.3, -0.25) is 4.79 Å². The summed E-state index contributed by atoms with van der Waals surface area (Å²) in [5.74, 6) is -0.157. The Hall–Kier alpha value is -1.37. The smallest absolute Gasteiger partial charge is 0.461 e. The van der Waals surface area contributed by atoms with Gasteiger partial charge in [0.15, 0.2) is 0 Å². The summed E-state index contributed by atoms with van der Waals surface area (Å²) >= 11 is 0. The van der Waals surface area contributed by atoms with Crippen molar-refractivity contribution >= 4 is 18.6 Å². The van der Waals surface area contributed by atoms with Gasteiger partial charge in [0.2, 0.25) is 0 Å². The standard InChI is InChI=1S/C23H36BNO4/c1-21(2,20(26)27-19-12-7-8-13-19)25-15-14-17-10-9-11-18(16-17)24-28-22(3,4)23(5,6)29-24/h9-11,16,19,25H,7-8,12-15H2,1-6H3. The molecule has 1 aliphatic heterocycles. The topological polar surface area (TPSA) is 56.8 Å². The van der Waals surface area contributed by atoms with E-state index in [1.807, 2.05) is 26.0 Å². The SMILES string of the molecule is CC(C)(NCCc1cccc(B2OC(C)(C)C(C)(C)O2)c1)C(=O)OC1CCCC1. The minimum absolute atomic E-state index is 0.0974. The molecule has 6 heteroatoms. The van der Waals surface area contributed by atoms with E-state index in [0.717, 1.165) is 37.6 Å². The number of carbonyl (C=O) groups is 1. The van der Waals surface area contributed by atoms with Gasteiger partial charge in [0.25, 0.3) is 0 Å². The first kappa shape index (κ1) is 22.3. The molecule has 1 aromatic rings. The van der Waals surface area contributed by atoms with Crippen molar-refractivity contribution in [3.8, 4) is 0 Å². The summed E-state index contributed by atoms with van der Waals surface area (Å²) in [5.41, 5.74) is 0.828. The maximum atomic E-state index is 12.5. The van der Waals surface area contributed by atoms with E-state index in [-0.39, 0.29) is 30.4 Å². The molecule has 0 amide bonds. The number of hydrogen-bond acceptors (Lipinski definition) is 5. The molecule has 0 aromatic heterocycles. The molecule has 1 aromatic carbocycles. The average Bonchev–Trinajstić information content (AvgIpc) is 3.21. The number of esters is 1. The average molecular weight is 401 g/mol. The van der Waals surface area contributed by atoms with Crippen LogP contribution in [-0.4, -0.2) is 42.5 Å². The highest BCUT2D eigenvalue weighted by molar-refractivity contribution is 6.62. The van der Waals surface area contributed by atoms with Gasteiger partial charge in [0.05, 0.1) is 11.2 Å². The summed E-state index contributed by atoms with van der Waals surface area (Å²) in [6.45, 7) is 12.7. The van der Waals surface area contributed by atoms with Crippen LogP contribution < -0.4 is 10.8 Å². The lowest BCUT2D eigenvalue weighted by Gasteiger charge is -2.32. The fourth-order valence-electron chi connectivity index (χ4n) is 3.77. The van der Waals surface area contributed by atoms with Gasteiger partial charge >= 0.3 is 13.1 Å². The fourth-order valence-corrected chi connectivity index (χ4v) is 3.77. The zero-order chi connectivity index (χ0) is 21.3. The molecule has 1 saturated carbocycles. The van der Waals surface area contributed by atoms with Crippen molar-refractivity contribution in [2.75, 3.05) is 6.54 Å². The van der Waals surface area contributed by atoms with Crippen molar-refractivity contribution < 1.29 is 18.8 Å². The van der Waals surface area contributed by atoms with Crippen molar-refractivity contribution in [3.05, 3.63) is 29.8 Å². The predicted octanol–water partition coefficient (Wildman–Crippen LogP) is 3.38. The van der Waals surface area contributed by atoms with Crippen molar-refractivity contribution in [3.63, 3.8) is 0 Å². The Labute approximate surface area is 176 Å². The van der Waals surface area contributed by atoms with E-state index in [4.69, 9.17) is 14.0 Å². The van der Waals surface area contributed by atoms with E-state index in [9.17, 15) is 4.79 Å². The molecular formula is C23H36BNO4. The van der Waals surface area contributed by atoms with E-state index in [2.05, 4.69) is 45.1 Å². The summed E-state index contributed by atoms with van der Waals surface area (Å²) < 4.78 is 18.0. The third kappa shape index (κ3) is 5.22. The van der Waals surface area contributed by atoms with E-state index in [1.54, 1.807) is 0 Å². The molecule has 5 nitrogen and oxygen atoms in total. The van der Waals surface area contributed by atoms with Gasteiger partial charge in [-0.2, -0.15) is 0 Å². The van der Waals surface area contributed by atoms with Crippen LogP contribution in [0, 0.1) is 0 Å². The molecule has 2 aliphatic rings. The summed E-state index contributed by atoms with van der Waals surface area (Å²) in [6, 6.07) is 8.31. The molecule has 3 rings (SSSR count). The summed E-state index contributed by atoms with van der Waals surface area (Å²) in [7, 11) is -0.356. The summed E-state index contributed by atoms with van der Waals surface area (Å²) in [6.07, 6.45) is 5.21. The lowest BCUT2D eigenvalue weighted by Crippen LogP contribution is -2.49. The van der Waals surface area contributed by atoms with Crippen LogP contribution >= 0.6 is 0 Å². The Morgan fingerprint density at radius 2 is 1.79 bits per heavy atom. The quantitative estimate of drug-likeness (QED) is 0.561. The van der Waals surface area contributed by atoms with E-state index < -0.39 is 5.54 Å². The van der Waals surface area contributed by atoms with Gasteiger partial charge in [-0.1, -0.05) is 24.3 Å². The van der Waals surface area contributed by atoms with Gasteiger partial charge in [-0.15, -0.1) is 0 Å². The van der Waals surface area contributed by atoms with E-state index >= 15 is 0 Å². The third-order valence-corrected chi connectivity index (χ3v) is 6.54. The van der Waals surface area contributed by atoms with Crippen molar-refractivity contribution in [2.45, 2.75) is 96.5 Å². The normalized spacial score (nSPS) is 21.5. The lowest BCUT2D eigenvalue weighted by molar-refractivity contribution is -0.155. The van der Waals surface area contributed by atoms with Crippen molar-refractivity contribution in [2.24, 2.45) is 0 Å². The maximum absolute atomic E-state index is 12.5. The lowest BCUT2D eigenvalue weighted by atomic mass is 9.78. The molecule has 1 N–H and O–H groups in total. The Balaban J connectivity index is 1.53. The highest BCUT2D eigenvalue weighted by Gasteiger charge is 2.51. The minimum atomic E-state index is -0.689. The zero-order valence-corrected chi connectivity index (χ0v) is 18.8. The molecule has 0 spiro atoms. The maximum Gasteiger partial charge on any atom is 0.494 e. The van der Waals surface area contributed by atoms with E-state index in [0.29, 0.717) is 6.54 Å². The highest BCUT2D eigenvalue weighted by atomic mass is 16.7. The highest BCUT2D eigenvalue weighted by Crippen LogP contribution is 2.36. The summed E-state index contributed by atoms with van der Waals surface area (Å²) in [5, 5.41) is 3.36. The molecule has 1 saturated heterocycles. The molecule has 0 unspecified atom stereocenters. The van der Waals surface area contributed by atoms with Crippen LogP contribution in [0.1, 0.15) is 72.8 Å². The molecule has 0 atom stereocenters. The second-order valence-electron chi connectivity index (χ2n) is 9.95. The van der Waals surface area contributed by atoms with Crippen LogP contribution in [0.15, 0.2) is 24.3 Å². The largest absolute Gasteiger partial charge is 0.494 e. The van der Waals surface area contributed by atoms with Gasteiger partial charge in [0, 0.05) is 6.54 Å². The van der Waals surface area contributed by atoms with Crippen LogP contribution in [0.3, 0.4) is 0 Å². The van der Waals surface area contributed by atoms with E-state index in [1.165, 1.54) is 5.56 Å². The van der Waals surface area contributed by atoms with Gasteiger partial charge < -0.3 is 19.4 Å². The Kier molecular flexibility index (Phi) is 6.47. The number of hydrogen-bond donors (Lipinski definition) is 1. The first-order valence-corrected chi connectivity index (χ1v) is 10.9. The number of nitrogens with one attached hydrogen (secondary N) is 1. The van der Waals surface area contributed by atoms with Crippen LogP contribution in [0.4, 0.5) is 0 Å². The molecule has 0 radical (unpaired) electrons. The fraction of sp³-hybridized carbons (Fsp3) is 0.696. The van der Waals surface area contributed by atoms with Gasteiger partial charge in [-0.05, 0) is 84.7 Å². The Morgan fingerprint density at radius 1 is 1.17 bits per heavy atom. The number of ether oxygens (including phenoxy) is 1. The van der Waals surface area contributed by atoms with Crippen LogP contribution in [-0.2, 0) is 25.3 Å². The van der Waals surface area contributed by atoms with Crippen LogP contribution in [0.2, 0.25) is 0 Å². The molecule has 1 heterocycles. The number of rotatable bonds is 7. The zero-order valence-electron chi connectivity index (χ0n) is 18.8. The second kappa shape index (κ2) is 8.40. The van der Waals surface area contributed by atoms with Crippen molar-refractivity contribution in [1.82, 2.24) is 5.32 Å². The van der Waals surface area contributed by atoms with Gasteiger partial charge in [-0.25, -0.2) is 0 Å². The molecule has 1 aliphatic carbocycles. The van der Waals surface area contributed by atoms with Crippen LogP contribution in [0.5, 0.6) is 0 Å². The molecule has 2 fully saturated rings.